The maximum Gasteiger partial charge on any atom is 0.338 e. The van der Waals surface area contributed by atoms with Crippen LogP contribution in [0.15, 0.2) is 59.1 Å². The van der Waals surface area contributed by atoms with Gasteiger partial charge in [0.05, 0.1) is 33.4 Å². The van der Waals surface area contributed by atoms with Crippen LogP contribution in [0.3, 0.4) is 0 Å². The number of benzene rings is 3. The minimum atomic E-state index is -0.395. The highest BCUT2D eigenvalue weighted by molar-refractivity contribution is 9.10. The summed E-state index contributed by atoms with van der Waals surface area (Å²) in [5.41, 5.74) is 10.6. The Balaban J connectivity index is 1.25. The Hall–Kier alpha value is -2.82. The lowest BCUT2D eigenvalue weighted by molar-refractivity contribution is -0.143. The van der Waals surface area contributed by atoms with E-state index < -0.39 is 5.97 Å². The first-order chi connectivity index (χ1) is 23.1. The molecule has 4 N–H and O–H groups in total. The van der Waals surface area contributed by atoms with E-state index in [1.807, 2.05) is 30.3 Å². The summed E-state index contributed by atoms with van der Waals surface area (Å²) >= 11 is 16.2. The van der Waals surface area contributed by atoms with Crippen molar-refractivity contribution >= 4 is 68.1 Å². The average Bonchev–Trinajstić information content (AvgIpc) is 3.08. The third-order valence-corrected chi connectivity index (χ3v) is 10.3. The molecule has 4 rings (SSSR count). The highest BCUT2D eigenvalue weighted by Crippen LogP contribution is 2.34. The molecule has 0 saturated heterocycles. The van der Waals surface area contributed by atoms with Crippen LogP contribution in [0, 0.1) is 0 Å². The lowest BCUT2D eigenvalue weighted by Gasteiger charge is -2.38. The zero-order valence-corrected chi connectivity index (χ0v) is 31.0. The van der Waals surface area contributed by atoms with Crippen molar-refractivity contribution in [2.45, 2.75) is 77.3 Å². The van der Waals surface area contributed by atoms with Gasteiger partial charge < -0.3 is 25.8 Å². The zero-order chi connectivity index (χ0) is 34.5. The van der Waals surface area contributed by atoms with E-state index in [0.717, 1.165) is 49.0 Å². The van der Waals surface area contributed by atoms with Crippen molar-refractivity contribution in [2.24, 2.45) is 0 Å². The molecule has 0 radical (unpaired) electrons. The fourth-order valence-corrected chi connectivity index (χ4v) is 7.14. The van der Waals surface area contributed by atoms with Crippen LogP contribution in [0.4, 0.5) is 17.1 Å². The van der Waals surface area contributed by atoms with Crippen molar-refractivity contribution in [3.8, 4) is 0 Å². The Morgan fingerprint density at radius 2 is 1.60 bits per heavy atom. The van der Waals surface area contributed by atoms with Gasteiger partial charge >= 0.3 is 11.9 Å². The minimum Gasteiger partial charge on any atom is -0.464 e. The van der Waals surface area contributed by atoms with Crippen molar-refractivity contribution in [2.75, 3.05) is 43.9 Å². The summed E-state index contributed by atoms with van der Waals surface area (Å²) < 4.78 is 12.0. The van der Waals surface area contributed by atoms with Gasteiger partial charge in [-0.3, -0.25) is 9.69 Å². The maximum absolute atomic E-state index is 13.1. The number of nitrogen functional groups attached to an aromatic ring is 1. The number of nitrogens with two attached hydrogens (primary N) is 1. The number of nitrogens with one attached hydrogen (secondary N) is 2. The molecule has 0 bridgehead atoms. The van der Waals surface area contributed by atoms with Crippen LogP contribution < -0.4 is 16.4 Å². The van der Waals surface area contributed by atoms with Gasteiger partial charge in [-0.25, -0.2) is 4.79 Å². The first-order valence-electron chi connectivity index (χ1n) is 16.8. The minimum absolute atomic E-state index is 0.0880. The molecule has 1 saturated carbocycles. The van der Waals surface area contributed by atoms with Crippen molar-refractivity contribution in [1.82, 2.24) is 10.2 Å². The smallest absolute Gasteiger partial charge is 0.338 e. The summed E-state index contributed by atoms with van der Waals surface area (Å²) in [7, 11) is 0. The van der Waals surface area contributed by atoms with E-state index in [1.165, 1.54) is 19.3 Å². The van der Waals surface area contributed by atoms with Crippen molar-refractivity contribution in [3.05, 3.63) is 85.8 Å². The molecule has 11 heteroatoms. The van der Waals surface area contributed by atoms with Gasteiger partial charge in [0.25, 0.3) is 0 Å². The van der Waals surface area contributed by atoms with E-state index in [1.54, 1.807) is 24.3 Å². The fourth-order valence-electron chi connectivity index (χ4n) is 6.15. The second kappa shape index (κ2) is 18.8. The summed E-state index contributed by atoms with van der Waals surface area (Å²) in [5.74, 6) is -0.738. The van der Waals surface area contributed by atoms with Crippen LogP contribution in [0.5, 0.6) is 0 Å². The van der Waals surface area contributed by atoms with Gasteiger partial charge in [-0.15, -0.1) is 0 Å². The molecule has 0 heterocycles. The van der Waals surface area contributed by atoms with Gasteiger partial charge in [0.15, 0.2) is 0 Å². The second-order valence-electron chi connectivity index (χ2n) is 12.3. The molecule has 0 amide bonds. The van der Waals surface area contributed by atoms with E-state index in [2.05, 4.69) is 45.3 Å². The topological polar surface area (TPSA) is 106 Å². The van der Waals surface area contributed by atoms with Crippen molar-refractivity contribution < 1.29 is 19.1 Å². The van der Waals surface area contributed by atoms with Gasteiger partial charge in [-0.2, -0.15) is 0 Å². The van der Waals surface area contributed by atoms with Gasteiger partial charge in [-0.05, 0) is 89.6 Å². The molecule has 3 aromatic rings. The van der Waals surface area contributed by atoms with Crippen molar-refractivity contribution in [3.63, 3.8) is 0 Å². The predicted octanol–water partition coefficient (Wildman–Crippen LogP) is 8.94. The quantitative estimate of drug-likeness (QED) is 0.0926. The normalized spacial score (nSPS) is 14.1. The third kappa shape index (κ3) is 10.8. The maximum atomic E-state index is 13.1. The Morgan fingerprint density at radius 1 is 0.917 bits per heavy atom. The van der Waals surface area contributed by atoms with E-state index in [4.69, 9.17) is 38.4 Å². The summed E-state index contributed by atoms with van der Waals surface area (Å²) in [6.07, 6.45) is 8.13. The zero-order valence-electron chi connectivity index (χ0n) is 27.9. The molecular formula is C37H47BrCl2N4O4. The van der Waals surface area contributed by atoms with Gasteiger partial charge in [0, 0.05) is 35.3 Å². The molecule has 0 aromatic heterocycles. The first kappa shape index (κ1) is 38.0. The van der Waals surface area contributed by atoms with Gasteiger partial charge in [0.2, 0.25) is 0 Å². The molecule has 3 aromatic carbocycles. The Morgan fingerprint density at radius 3 is 2.29 bits per heavy atom. The average molecular weight is 763 g/mol. The second-order valence-corrected chi connectivity index (χ2v) is 14.0. The molecular weight excluding hydrogens is 715 g/mol. The number of hydrogen-bond acceptors (Lipinski definition) is 8. The van der Waals surface area contributed by atoms with Crippen LogP contribution in [0.25, 0.3) is 0 Å². The number of anilines is 3. The lowest BCUT2D eigenvalue weighted by Crippen LogP contribution is -2.45. The number of nitrogens with zero attached hydrogens (tertiary/aromatic N) is 1. The number of rotatable bonds is 17. The first-order valence-corrected chi connectivity index (χ1v) is 18.4. The van der Waals surface area contributed by atoms with Crippen LogP contribution in [-0.4, -0.2) is 55.2 Å². The number of hydrogen-bond donors (Lipinski definition) is 3. The molecule has 0 aliphatic heterocycles. The Bertz CT molecular complexity index is 1510. The van der Waals surface area contributed by atoms with Crippen molar-refractivity contribution in [1.29, 1.82) is 0 Å². The summed E-state index contributed by atoms with van der Waals surface area (Å²) in [6, 6.07) is 16.3. The SMILES string of the molecule is CCCN(CCOC(=O)Cc1ccccc1Nc1c(Cl)cccc1Cl)CCOC(=O)c1cc(Br)c(N)c(CNC2(CC)CCCCC2)c1. The van der Waals surface area contributed by atoms with E-state index in [9.17, 15) is 9.59 Å². The number of esters is 2. The summed E-state index contributed by atoms with van der Waals surface area (Å²) in [6.45, 7) is 7.17. The molecule has 1 aliphatic carbocycles. The number of carbonyl (C=O) groups is 2. The lowest BCUT2D eigenvalue weighted by atomic mass is 9.79. The molecule has 1 fully saturated rings. The molecule has 260 valence electrons. The van der Waals surface area contributed by atoms with Gasteiger partial charge in [-0.1, -0.05) is 80.6 Å². The fraction of sp³-hybridized carbons (Fsp3) is 0.459. The predicted molar refractivity (Wildman–Crippen MR) is 199 cm³/mol. The molecule has 8 nitrogen and oxygen atoms in total. The number of halogens is 3. The van der Waals surface area contributed by atoms with Crippen LogP contribution in [0.1, 0.15) is 80.3 Å². The largest absolute Gasteiger partial charge is 0.464 e. The number of carbonyl (C=O) groups excluding carboxylic acids is 2. The van der Waals surface area contributed by atoms with Crippen LogP contribution in [-0.2, 0) is 27.2 Å². The molecule has 48 heavy (non-hydrogen) atoms. The van der Waals surface area contributed by atoms with Gasteiger partial charge in [0.1, 0.15) is 13.2 Å². The molecule has 0 spiro atoms. The molecule has 0 unspecified atom stereocenters. The van der Waals surface area contributed by atoms with E-state index in [-0.39, 0.29) is 31.1 Å². The van der Waals surface area contributed by atoms with E-state index >= 15 is 0 Å². The number of ether oxygens (including phenoxy) is 2. The highest BCUT2D eigenvalue weighted by Gasteiger charge is 2.29. The molecule has 0 atom stereocenters. The third-order valence-electron chi connectivity index (χ3n) is 9.02. The summed E-state index contributed by atoms with van der Waals surface area (Å²) in [4.78, 5) is 28.0. The van der Waals surface area contributed by atoms with E-state index in [0.29, 0.717) is 51.1 Å². The number of para-hydroxylation sites is 2. The highest BCUT2D eigenvalue weighted by atomic mass is 79.9. The monoisotopic (exact) mass is 760 g/mol. The van der Waals surface area contributed by atoms with Crippen LogP contribution in [0.2, 0.25) is 10.0 Å². The Labute approximate surface area is 303 Å². The Kier molecular flexibility index (Phi) is 14.9. The molecule has 1 aliphatic rings. The van der Waals surface area contributed by atoms with Crippen LogP contribution >= 0.6 is 39.1 Å². The summed E-state index contributed by atoms with van der Waals surface area (Å²) in [5, 5.41) is 7.98. The standard InChI is InChI=1S/C37H47BrCl2N4O4/c1-3-17-44(18-20-47-33(45)24-26-11-6-7-14-32(26)43-35-30(39)12-10-13-31(35)40)19-21-48-36(46)27-22-28(34(41)29(38)23-27)25-42-37(4-2)15-8-5-9-16-37/h6-7,10-14,22-23,42-43H,3-5,8-9,15-21,24-25,41H2,1-2H3.